The van der Waals surface area contributed by atoms with Crippen molar-refractivity contribution in [1.82, 2.24) is 0 Å². The van der Waals surface area contributed by atoms with Gasteiger partial charge >= 0.3 is 0 Å². The van der Waals surface area contributed by atoms with E-state index in [1.54, 1.807) is 0 Å². The maximum absolute atomic E-state index is 5.34. The molecule has 0 radical (unpaired) electrons. The summed E-state index contributed by atoms with van der Waals surface area (Å²) in [5.74, 6) is 0. The van der Waals surface area contributed by atoms with Crippen molar-refractivity contribution in [1.29, 1.82) is 0 Å². The van der Waals surface area contributed by atoms with Crippen LogP contribution in [0.5, 0.6) is 0 Å². The van der Waals surface area contributed by atoms with Crippen molar-refractivity contribution in [2.45, 2.75) is 63.9 Å². The number of epoxide rings is 1. The van der Waals surface area contributed by atoms with E-state index in [2.05, 4.69) is 13.5 Å². The first-order valence-electron chi connectivity index (χ1n) is 6.02. The number of hydrogen-bond acceptors (Lipinski definition) is 1. The van der Waals surface area contributed by atoms with Crippen LogP contribution in [0.2, 0.25) is 0 Å². The van der Waals surface area contributed by atoms with E-state index in [1.807, 2.05) is 6.08 Å². The molecule has 1 aliphatic rings. The second kappa shape index (κ2) is 6.23. The SMILES string of the molecule is C=CCCCCCCCCC1(C)CO1. The van der Waals surface area contributed by atoms with Gasteiger partial charge in [0.25, 0.3) is 0 Å². The Kier molecular flexibility index (Phi) is 5.24. The molecule has 1 rings (SSSR count). The predicted molar refractivity (Wildman–Crippen MR) is 61.5 cm³/mol. The van der Waals surface area contributed by atoms with Crippen molar-refractivity contribution >= 4 is 0 Å². The van der Waals surface area contributed by atoms with E-state index < -0.39 is 0 Å². The van der Waals surface area contributed by atoms with Gasteiger partial charge in [-0.1, -0.05) is 38.2 Å². The molecule has 1 atom stereocenters. The highest BCUT2D eigenvalue weighted by Crippen LogP contribution is 2.31. The Bertz CT molecular complexity index is 159. The molecular formula is C13H24O. The van der Waals surface area contributed by atoms with Crippen LogP contribution in [0.25, 0.3) is 0 Å². The van der Waals surface area contributed by atoms with Crippen molar-refractivity contribution in [3.05, 3.63) is 12.7 Å². The lowest BCUT2D eigenvalue weighted by Gasteiger charge is -2.04. The van der Waals surface area contributed by atoms with E-state index in [1.165, 1.54) is 51.4 Å². The minimum Gasteiger partial charge on any atom is -0.370 e. The van der Waals surface area contributed by atoms with Crippen molar-refractivity contribution < 1.29 is 4.74 Å². The maximum atomic E-state index is 5.34. The fourth-order valence-corrected chi connectivity index (χ4v) is 1.76. The van der Waals surface area contributed by atoms with E-state index in [0.29, 0.717) is 0 Å². The van der Waals surface area contributed by atoms with Crippen molar-refractivity contribution in [3.8, 4) is 0 Å². The molecule has 1 saturated heterocycles. The molecule has 82 valence electrons. The first-order chi connectivity index (χ1) is 6.77. The van der Waals surface area contributed by atoms with Gasteiger partial charge in [-0.2, -0.15) is 0 Å². The summed E-state index contributed by atoms with van der Waals surface area (Å²) in [6, 6.07) is 0. The van der Waals surface area contributed by atoms with Crippen LogP contribution in [0, 0.1) is 0 Å². The molecule has 1 heterocycles. The molecule has 0 N–H and O–H groups in total. The van der Waals surface area contributed by atoms with Crippen molar-refractivity contribution in [3.63, 3.8) is 0 Å². The third kappa shape index (κ3) is 5.43. The standard InChI is InChI=1S/C13H24O/c1-3-4-5-6-7-8-9-10-11-13(2)12-14-13/h3H,1,4-12H2,2H3. The zero-order valence-corrected chi connectivity index (χ0v) is 9.56. The molecule has 1 aliphatic heterocycles. The van der Waals surface area contributed by atoms with Crippen LogP contribution in [-0.2, 0) is 4.74 Å². The van der Waals surface area contributed by atoms with Gasteiger partial charge in [0.05, 0.1) is 12.2 Å². The minimum absolute atomic E-state index is 0.281. The Balaban J connectivity index is 1.73. The van der Waals surface area contributed by atoms with E-state index in [0.717, 1.165) is 6.61 Å². The number of allylic oxidation sites excluding steroid dienone is 1. The second-order valence-electron chi connectivity index (χ2n) is 4.69. The Morgan fingerprint density at radius 3 is 2.29 bits per heavy atom. The van der Waals surface area contributed by atoms with Crippen LogP contribution in [-0.4, -0.2) is 12.2 Å². The average molecular weight is 196 g/mol. The average Bonchev–Trinajstić information content (AvgIpc) is 2.89. The zero-order chi connectivity index (χ0) is 10.3. The van der Waals surface area contributed by atoms with Crippen LogP contribution in [0.3, 0.4) is 0 Å². The maximum Gasteiger partial charge on any atom is 0.0888 e. The highest BCUT2D eigenvalue weighted by Gasteiger charge is 2.37. The van der Waals surface area contributed by atoms with Crippen LogP contribution in [0.4, 0.5) is 0 Å². The van der Waals surface area contributed by atoms with Gasteiger partial charge in [-0.25, -0.2) is 0 Å². The number of hydrogen-bond donors (Lipinski definition) is 0. The predicted octanol–water partition coefficient (Wildman–Crippen LogP) is 4.08. The fraction of sp³-hybridized carbons (Fsp3) is 0.846. The number of rotatable bonds is 9. The first-order valence-corrected chi connectivity index (χ1v) is 6.02. The van der Waals surface area contributed by atoms with E-state index in [9.17, 15) is 0 Å². The quantitative estimate of drug-likeness (QED) is 0.307. The summed E-state index contributed by atoms with van der Waals surface area (Å²) < 4.78 is 5.34. The van der Waals surface area contributed by atoms with Crippen molar-refractivity contribution in [2.24, 2.45) is 0 Å². The molecule has 0 spiro atoms. The molecule has 1 heteroatoms. The second-order valence-corrected chi connectivity index (χ2v) is 4.69. The van der Waals surface area contributed by atoms with Gasteiger partial charge in [0.1, 0.15) is 0 Å². The third-order valence-corrected chi connectivity index (χ3v) is 3.00. The molecule has 1 unspecified atom stereocenters. The van der Waals surface area contributed by atoms with E-state index >= 15 is 0 Å². The molecule has 0 aromatic heterocycles. The Labute approximate surface area is 88.5 Å². The van der Waals surface area contributed by atoms with Crippen LogP contribution in [0.1, 0.15) is 58.3 Å². The highest BCUT2D eigenvalue weighted by molar-refractivity contribution is 4.86. The van der Waals surface area contributed by atoms with Crippen molar-refractivity contribution in [2.75, 3.05) is 6.61 Å². The van der Waals surface area contributed by atoms with Gasteiger partial charge < -0.3 is 4.74 Å². The highest BCUT2D eigenvalue weighted by atomic mass is 16.6. The Morgan fingerprint density at radius 1 is 1.14 bits per heavy atom. The monoisotopic (exact) mass is 196 g/mol. The summed E-state index contributed by atoms with van der Waals surface area (Å²) in [6.07, 6.45) is 12.7. The number of unbranched alkanes of at least 4 members (excludes halogenated alkanes) is 6. The third-order valence-electron chi connectivity index (χ3n) is 3.00. The molecule has 0 aliphatic carbocycles. The molecule has 1 nitrogen and oxygen atoms in total. The normalized spacial score (nSPS) is 24.9. The molecule has 0 aromatic carbocycles. The minimum atomic E-state index is 0.281. The fourth-order valence-electron chi connectivity index (χ4n) is 1.76. The Hall–Kier alpha value is -0.300. The van der Waals surface area contributed by atoms with Gasteiger partial charge in [-0.3, -0.25) is 0 Å². The van der Waals surface area contributed by atoms with Crippen LogP contribution < -0.4 is 0 Å². The Morgan fingerprint density at radius 2 is 1.71 bits per heavy atom. The summed E-state index contributed by atoms with van der Waals surface area (Å²) in [7, 11) is 0. The molecule has 0 bridgehead atoms. The molecule has 1 fully saturated rings. The van der Waals surface area contributed by atoms with E-state index in [4.69, 9.17) is 4.74 Å². The molecule has 0 aromatic rings. The molecule has 0 amide bonds. The lowest BCUT2D eigenvalue weighted by Crippen LogP contribution is -2.02. The zero-order valence-electron chi connectivity index (χ0n) is 9.56. The van der Waals surface area contributed by atoms with Gasteiger partial charge in [-0.05, 0) is 26.2 Å². The molecule has 0 saturated carbocycles. The summed E-state index contributed by atoms with van der Waals surface area (Å²) >= 11 is 0. The smallest absolute Gasteiger partial charge is 0.0888 e. The number of ether oxygens (including phenoxy) is 1. The van der Waals surface area contributed by atoms with Gasteiger partial charge in [0.15, 0.2) is 0 Å². The van der Waals surface area contributed by atoms with E-state index in [-0.39, 0.29) is 5.60 Å². The van der Waals surface area contributed by atoms with Gasteiger partial charge in [0.2, 0.25) is 0 Å². The van der Waals surface area contributed by atoms with Crippen LogP contribution in [0.15, 0.2) is 12.7 Å². The summed E-state index contributed by atoms with van der Waals surface area (Å²) in [5.41, 5.74) is 0.281. The topological polar surface area (TPSA) is 12.5 Å². The largest absolute Gasteiger partial charge is 0.370 e. The lowest BCUT2D eigenvalue weighted by atomic mass is 10.0. The van der Waals surface area contributed by atoms with Crippen LogP contribution >= 0.6 is 0 Å². The first kappa shape index (κ1) is 11.8. The summed E-state index contributed by atoms with van der Waals surface area (Å²) in [4.78, 5) is 0. The molecular weight excluding hydrogens is 172 g/mol. The molecule has 14 heavy (non-hydrogen) atoms. The summed E-state index contributed by atoms with van der Waals surface area (Å²) in [5, 5.41) is 0. The lowest BCUT2D eigenvalue weighted by molar-refractivity contribution is 0.301. The van der Waals surface area contributed by atoms with Gasteiger partial charge in [-0.15, -0.1) is 6.58 Å². The summed E-state index contributed by atoms with van der Waals surface area (Å²) in [6.45, 7) is 6.94. The van der Waals surface area contributed by atoms with Gasteiger partial charge in [0, 0.05) is 0 Å².